The summed E-state index contributed by atoms with van der Waals surface area (Å²) in [5, 5.41) is 10.8. The summed E-state index contributed by atoms with van der Waals surface area (Å²) in [6.07, 6.45) is 3.49. The fraction of sp³-hybridized carbons (Fsp3) is 0.214. The summed E-state index contributed by atoms with van der Waals surface area (Å²) < 4.78 is 0. The molecule has 88 valence electrons. The highest BCUT2D eigenvalue weighted by Crippen LogP contribution is 2.23. The summed E-state index contributed by atoms with van der Waals surface area (Å²) in [6.45, 7) is 1.94. The predicted octanol–water partition coefficient (Wildman–Crippen LogP) is 3.32. The molecule has 0 fully saturated rings. The molecule has 1 heterocycles. The molecule has 0 aliphatic carbocycles. The SMILES string of the molecule is Cc1ccc(C(O)Cc2cccnc2)cc1Cl. The van der Waals surface area contributed by atoms with Crippen molar-refractivity contribution < 1.29 is 5.11 Å². The number of aromatic nitrogens is 1. The summed E-state index contributed by atoms with van der Waals surface area (Å²) >= 11 is 6.04. The van der Waals surface area contributed by atoms with Crippen LogP contribution in [0.2, 0.25) is 5.02 Å². The van der Waals surface area contributed by atoms with E-state index in [-0.39, 0.29) is 0 Å². The minimum Gasteiger partial charge on any atom is -0.388 e. The van der Waals surface area contributed by atoms with Crippen molar-refractivity contribution in [3.63, 3.8) is 0 Å². The second-order valence-electron chi connectivity index (χ2n) is 4.09. The largest absolute Gasteiger partial charge is 0.388 e. The zero-order chi connectivity index (χ0) is 12.3. The molecule has 17 heavy (non-hydrogen) atoms. The van der Waals surface area contributed by atoms with Crippen molar-refractivity contribution in [3.05, 3.63) is 64.4 Å². The number of aliphatic hydroxyl groups is 1. The molecule has 0 amide bonds. The zero-order valence-corrected chi connectivity index (χ0v) is 10.4. The van der Waals surface area contributed by atoms with Gasteiger partial charge in [0, 0.05) is 23.8 Å². The lowest BCUT2D eigenvalue weighted by Crippen LogP contribution is -2.02. The molecule has 0 aliphatic rings. The van der Waals surface area contributed by atoms with Crippen LogP contribution >= 0.6 is 11.6 Å². The lowest BCUT2D eigenvalue weighted by Gasteiger charge is -2.12. The first-order valence-electron chi connectivity index (χ1n) is 5.50. The Kier molecular flexibility index (Phi) is 3.77. The van der Waals surface area contributed by atoms with Crippen LogP contribution in [0.15, 0.2) is 42.7 Å². The molecule has 0 spiro atoms. The predicted molar refractivity (Wildman–Crippen MR) is 69.1 cm³/mol. The average Bonchev–Trinajstić information content (AvgIpc) is 2.34. The summed E-state index contributed by atoms with van der Waals surface area (Å²) in [5.74, 6) is 0. The summed E-state index contributed by atoms with van der Waals surface area (Å²) in [5.41, 5.74) is 2.87. The Hall–Kier alpha value is -1.38. The van der Waals surface area contributed by atoms with Gasteiger partial charge in [-0.05, 0) is 35.7 Å². The molecule has 0 saturated carbocycles. The minimum atomic E-state index is -0.544. The van der Waals surface area contributed by atoms with Crippen LogP contribution in [0.1, 0.15) is 22.8 Å². The average molecular weight is 248 g/mol. The van der Waals surface area contributed by atoms with E-state index in [1.165, 1.54) is 0 Å². The molecule has 1 unspecified atom stereocenters. The van der Waals surface area contributed by atoms with Crippen LogP contribution in [-0.4, -0.2) is 10.1 Å². The van der Waals surface area contributed by atoms with Crippen LogP contribution in [0.25, 0.3) is 0 Å². The molecule has 2 nitrogen and oxygen atoms in total. The van der Waals surface area contributed by atoms with E-state index in [1.807, 2.05) is 37.3 Å². The monoisotopic (exact) mass is 247 g/mol. The number of rotatable bonds is 3. The number of pyridine rings is 1. The number of aryl methyl sites for hydroxylation is 1. The molecule has 1 aromatic carbocycles. The fourth-order valence-electron chi connectivity index (χ4n) is 1.68. The molecule has 0 saturated heterocycles. The maximum Gasteiger partial charge on any atom is 0.0831 e. The smallest absolute Gasteiger partial charge is 0.0831 e. The summed E-state index contributed by atoms with van der Waals surface area (Å²) in [7, 11) is 0. The molecule has 1 N–H and O–H groups in total. The van der Waals surface area contributed by atoms with Crippen molar-refractivity contribution in [1.82, 2.24) is 4.98 Å². The van der Waals surface area contributed by atoms with Gasteiger partial charge in [-0.15, -0.1) is 0 Å². The van der Waals surface area contributed by atoms with Gasteiger partial charge in [-0.25, -0.2) is 0 Å². The van der Waals surface area contributed by atoms with Gasteiger partial charge in [0.2, 0.25) is 0 Å². The van der Waals surface area contributed by atoms with Gasteiger partial charge in [0.1, 0.15) is 0 Å². The third-order valence-electron chi connectivity index (χ3n) is 2.73. The minimum absolute atomic E-state index is 0.544. The van der Waals surface area contributed by atoms with Gasteiger partial charge in [-0.3, -0.25) is 4.98 Å². The maximum absolute atomic E-state index is 10.1. The van der Waals surface area contributed by atoms with Gasteiger partial charge >= 0.3 is 0 Å². The molecule has 0 aliphatic heterocycles. The number of aliphatic hydroxyl groups excluding tert-OH is 1. The summed E-state index contributed by atoms with van der Waals surface area (Å²) in [4.78, 5) is 4.03. The van der Waals surface area contributed by atoms with Gasteiger partial charge in [0.15, 0.2) is 0 Å². The topological polar surface area (TPSA) is 33.1 Å². The summed E-state index contributed by atoms with van der Waals surface area (Å²) in [6, 6.07) is 9.46. The van der Waals surface area contributed by atoms with E-state index < -0.39 is 6.10 Å². The highest BCUT2D eigenvalue weighted by Gasteiger charge is 2.09. The molecular formula is C14H14ClNO. The van der Waals surface area contributed by atoms with Gasteiger partial charge in [-0.2, -0.15) is 0 Å². The molecule has 1 atom stereocenters. The first-order chi connectivity index (χ1) is 8.16. The Morgan fingerprint density at radius 1 is 1.35 bits per heavy atom. The zero-order valence-electron chi connectivity index (χ0n) is 9.60. The second-order valence-corrected chi connectivity index (χ2v) is 4.50. The molecule has 2 rings (SSSR count). The Morgan fingerprint density at radius 3 is 2.82 bits per heavy atom. The number of halogens is 1. The maximum atomic E-state index is 10.1. The first-order valence-corrected chi connectivity index (χ1v) is 5.87. The molecule has 2 aromatic rings. The van der Waals surface area contributed by atoms with E-state index in [9.17, 15) is 5.11 Å². The van der Waals surface area contributed by atoms with Gasteiger partial charge in [-0.1, -0.05) is 29.8 Å². The van der Waals surface area contributed by atoms with Gasteiger partial charge < -0.3 is 5.11 Å². The Bertz CT molecular complexity index is 499. The number of nitrogens with zero attached hydrogens (tertiary/aromatic N) is 1. The van der Waals surface area contributed by atoms with E-state index in [0.29, 0.717) is 11.4 Å². The van der Waals surface area contributed by atoms with Crippen molar-refractivity contribution in [1.29, 1.82) is 0 Å². The van der Waals surface area contributed by atoms with Crippen LogP contribution in [-0.2, 0) is 6.42 Å². The van der Waals surface area contributed by atoms with Crippen LogP contribution in [0.5, 0.6) is 0 Å². The van der Waals surface area contributed by atoms with Gasteiger partial charge in [0.05, 0.1) is 6.10 Å². The van der Waals surface area contributed by atoms with Crippen molar-refractivity contribution >= 4 is 11.6 Å². The quantitative estimate of drug-likeness (QED) is 0.903. The Morgan fingerprint density at radius 2 is 2.18 bits per heavy atom. The van der Waals surface area contributed by atoms with Crippen LogP contribution in [0.3, 0.4) is 0 Å². The Labute approximate surface area is 106 Å². The molecule has 1 aromatic heterocycles. The van der Waals surface area contributed by atoms with Gasteiger partial charge in [0.25, 0.3) is 0 Å². The van der Waals surface area contributed by atoms with E-state index in [4.69, 9.17) is 11.6 Å². The standard InChI is InChI=1S/C14H14ClNO/c1-10-4-5-12(8-13(10)15)14(17)7-11-3-2-6-16-9-11/h2-6,8-9,14,17H,7H2,1H3. The van der Waals surface area contributed by atoms with E-state index in [2.05, 4.69) is 4.98 Å². The fourth-order valence-corrected chi connectivity index (χ4v) is 1.87. The van der Waals surface area contributed by atoms with Crippen LogP contribution in [0.4, 0.5) is 0 Å². The van der Waals surface area contributed by atoms with Crippen LogP contribution in [0, 0.1) is 6.92 Å². The number of hydrogen-bond acceptors (Lipinski definition) is 2. The van der Waals surface area contributed by atoms with E-state index in [1.54, 1.807) is 12.4 Å². The Balaban J connectivity index is 2.14. The normalized spacial score (nSPS) is 12.4. The highest BCUT2D eigenvalue weighted by atomic mass is 35.5. The second kappa shape index (κ2) is 5.30. The first kappa shape index (κ1) is 12.1. The number of hydrogen-bond donors (Lipinski definition) is 1. The van der Waals surface area contributed by atoms with Crippen molar-refractivity contribution in [2.45, 2.75) is 19.4 Å². The third kappa shape index (κ3) is 3.05. The molecule has 0 bridgehead atoms. The lowest BCUT2D eigenvalue weighted by atomic mass is 10.0. The van der Waals surface area contributed by atoms with E-state index >= 15 is 0 Å². The van der Waals surface area contributed by atoms with Crippen molar-refractivity contribution in [3.8, 4) is 0 Å². The van der Waals surface area contributed by atoms with Crippen LogP contribution < -0.4 is 0 Å². The van der Waals surface area contributed by atoms with E-state index in [0.717, 1.165) is 16.7 Å². The highest BCUT2D eigenvalue weighted by molar-refractivity contribution is 6.31. The number of benzene rings is 1. The third-order valence-corrected chi connectivity index (χ3v) is 3.14. The molecule has 3 heteroatoms. The van der Waals surface area contributed by atoms with Crippen molar-refractivity contribution in [2.75, 3.05) is 0 Å². The lowest BCUT2D eigenvalue weighted by molar-refractivity contribution is 0.178. The molecule has 0 radical (unpaired) electrons. The van der Waals surface area contributed by atoms with Crippen molar-refractivity contribution in [2.24, 2.45) is 0 Å². The molecular weight excluding hydrogens is 234 g/mol.